The van der Waals surface area contributed by atoms with E-state index in [1.807, 2.05) is 49.5 Å². The zero-order valence-corrected chi connectivity index (χ0v) is 10.9. The van der Waals surface area contributed by atoms with Gasteiger partial charge in [0.05, 0.1) is 6.10 Å². The van der Waals surface area contributed by atoms with Crippen molar-refractivity contribution in [2.24, 2.45) is 0 Å². The molecule has 0 atom stereocenters. The fourth-order valence-corrected chi connectivity index (χ4v) is 1.62. The highest BCUT2D eigenvalue weighted by Crippen LogP contribution is 2.23. The first kappa shape index (κ1) is 11.9. The molecule has 78 valence electrons. The van der Waals surface area contributed by atoms with E-state index in [1.165, 1.54) is 12.2 Å². The summed E-state index contributed by atoms with van der Waals surface area (Å²) in [5.74, 6) is 0. The highest BCUT2D eigenvalue weighted by atomic mass is 79.9. The third-order valence-corrected chi connectivity index (χ3v) is 2.97. The van der Waals surface area contributed by atoms with Gasteiger partial charge in [0.25, 0.3) is 0 Å². The third kappa shape index (κ3) is 3.90. The van der Waals surface area contributed by atoms with Crippen molar-refractivity contribution >= 4 is 33.8 Å². The van der Waals surface area contributed by atoms with Gasteiger partial charge in [0.2, 0.25) is 0 Å². The van der Waals surface area contributed by atoms with Crippen LogP contribution in [0.2, 0.25) is 0 Å². The van der Waals surface area contributed by atoms with Crippen LogP contribution < -0.4 is 4.31 Å². The molecule has 0 amide bonds. The smallest absolute Gasteiger partial charge is 0.114 e. The zero-order valence-electron chi connectivity index (χ0n) is 8.53. The van der Waals surface area contributed by atoms with Gasteiger partial charge in [0.15, 0.2) is 0 Å². The Morgan fingerprint density at radius 1 is 1.29 bits per heavy atom. The minimum atomic E-state index is 0.234. The van der Waals surface area contributed by atoms with Crippen molar-refractivity contribution < 1.29 is 4.18 Å². The van der Waals surface area contributed by atoms with Crippen LogP contribution in [0.4, 0.5) is 5.69 Å². The van der Waals surface area contributed by atoms with E-state index in [1.54, 1.807) is 0 Å². The Morgan fingerprint density at radius 3 is 2.36 bits per heavy atom. The Balaban J connectivity index is 2.52. The molecule has 0 heterocycles. The molecule has 1 aromatic carbocycles. The van der Waals surface area contributed by atoms with Crippen LogP contribution in [-0.2, 0) is 4.18 Å². The standard InChI is InChI=1S/C10H14BrNOS/c1-8(2)13-14-12(3)10-6-4-9(11)5-7-10/h4-8H,1-3H3. The SMILES string of the molecule is CC(C)OSN(C)c1ccc(Br)cc1. The normalized spacial score (nSPS) is 10.6. The van der Waals surface area contributed by atoms with Crippen LogP contribution in [0.25, 0.3) is 0 Å². The molecule has 0 unspecified atom stereocenters. The summed E-state index contributed by atoms with van der Waals surface area (Å²) in [7, 11) is 1.98. The molecule has 0 aromatic heterocycles. The van der Waals surface area contributed by atoms with Gasteiger partial charge in [-0.05, 0) is 38.1 Å². The van der Waals surface area contributed by atoms with Crippen LogP contribution in [0.3, 0.4) is 0 Å². The Morgan fingerprint density at radius 2 is 1.86 bits per heavy atom. The van der Waals surface area contributed by atoms with Gasteiger partial charge < -0.3 is 0 Å². The van der Waals surface area contributed by atoms with Gasteiger partial charge in [-0.25, -0.2) is 0 Å². The van der Waals surface area contributed by atoms with Crippen molar-refractivity contribution in [3.63, 3.8) is 0 Å². The van der Waals surface area contributed by atoms with Crippen molar-refractivity contribution in [2.45, 2.75) is 20.0 Å². The van der Waals surface area contributed by atoms with E-state index in [4.69, 9.17) is 4.18 Å². The maximum atomic E-state index is 5.42. The fourth-order valence-electron chi connectivity index (χ4n) is 0.845. The van der Waals surface area contributed by atoms with Crippen LogP contribution in [0.15, 0.2) is 28.7 Å². The number of rotatable bonds is 4. The first-order chi connectivity index (χ1) is 6.59. The summed E-state index contributed by atoms with van der Waals surface area (Å²) in [5, 5.41) is 0. The Kier molecular flexibility index (Phi) is 4.78. The van der Waals surface area contributed by atoms with E-state index in [9.17, 15) is 0 Å². The van der Waals surface area contributed by atoms with Gasteiger partial charge in [-0.2, -0.15) is 0 Å². The van der Waals surface area contributed by atoms with Crippen LogP contribution in [0.5, 0.6) is 0 Å². The molecular formula is C10H14BrNOS. The van der Waals surface area contributed by atoms with Crippen molar-refractivity contribution in [1.82, 2.24) is 0 Å². The highest BCUT2D eigenvalue weighted by Gasteiger charge is 2.03. The largest absolute Gasteiger partial charge is 0.296 e. The second kappa shape index (κ2) is 5.63. The van der Waals surface area contributed by atoms with Crippen molar-refractivity contribution in [1.29, 1.82) is 0 Å². The van der Waals surface area contributed by atoms with E-state index >= 15 is 0 Å². The Labute approximate surface area is 98.1 Å². The molecule has 4 heteroatoms. The predicted molar refractivity (Wildman–Crippen MR) is 66.4 cm³/mol. The lowest BCUT2D eigenvalue weighted by Crippen LogP contribution is -2.09. The van der Waals surface area contributed by atoms with E-state index in [0.717, 1.165) is 10.2 Å². The molecule has 0 saturated heterocycles. The highest BCUT2D eigenvalue weighted by molar-refractivity contribution is 9.10. The van der Waals surface area contributed by atoms with Crippen LogP contribution in [0.1, 0.15) is 13.8 Å². The number of halogens is 1. The molecule has 0 N–H and O–H groups in total. The maximum absolute atomic E-state index is 5.42. The van der Waals surface area contributed by atoms with E-state index in [-0.39, 0.29) is 6.10 Å². The molecule has 0 aliphatic carbocycles. The molecule has 0 fully saturated rings. The van der Waals surface area contributed by atoms with Crippen LogP contribution in [-0.4, -0.2) is 13.2 Å². The summed E-state index contributed by atoms with van der Waals surface area (Å²) in [5.41, 5.74) is 1.12. The number of hydrogen-bond acceptors (Lipinski definition) is 3. The number of nitrogens with zero attached hydrogens (tertiary/aromatic N) is 1. The lowest BCUT2D eigenvalue weighted by molar-refractivity contribution is 0.289. The molecule has 2 nitrogen and oxygen atoms in total. The molecule has 0 saturated carbocycles. The van der Waals surface area contributed by atoms with Gasteiger partial charge >= 0.3 is 0 Å². The Bertz CT molecular complexity index is 276. The number of hydrogen-bond donors (Lipinski definition) is 0. The zero-order chi connectivity index (χ0) is 10.6. The summed E-state index contributed by atoms with van der Waals surface area (Å²) in [6, 6.07) is 8.12. The molecule has 14 heavy (non-hydrogen) atoms. The summed E-state index contributed by atoms with van der Waals surface area (Å²) >= 11 is 4.76. The first-order valence-electron chi connectivity index (χ1n) is 4.42. The van der Waals surface area contributed by atoms with E-state index in [2.05, 4.69) is 15.9 Å². The van der Waals surface area contributed by atoms with Crippen molar-refractivity contribution in [3.8, 4) is 0 Å². The van der Waals surface area contributed by atoms with E-state index < -0.39 is 0 Å². The van der Waals surface area contributed by atoms with Gasteiger partial charge in [0.1, 0.15) is 12.2 Å². The first-order valence-corrected chi connectivity index (χ1v) is 5.91. The molecular weight excluding hydrogens is 262 g/mol. The fraction of sp³-hybridized carbons (Fsp3) is 0.400. The summed E-state index contributed by atoms with van der Waals surface area (Å²) in [4.78, 5) is 0. The van der Waals surface area contributed by atoms with Crippen molar-refractivity contribution in [3.05, 3.63) is 28.7 Å². The van der Waals surface area contributed by atoms with Crippen molar-refractivity contribution in [2.75, 3.05) is 11.4 Å². The lowest BCUT2D eigenvalue weighted by atomic mass is 10.3. The molecule has 1 rings (SSSR count). The van der Waals surface area contributed by atoms with Crippen LogP contribution >= 0.6 is 28.2 Å². The quantitative estimate of drug-likeness (QED) is 0.611. The average Bonchev–Trinajstić information content (AvgIpc) is 2.15. The molecule has 0 radical (unpaired) electrons. The topological polar surface area (TPSA) is 12.5 Å². The van der Waals surface area contributed by atoms with Gasteiger partial charge in [-0.1, -0.05) is 15.9 Å². The maximum Gasteiger partial charge on any atom is 0.114 e. The molecule has 0 aliphatic rings. The third-order valence-electron chi connectivity index (χ3n) is 1.54. The van der Waals surface area contributed by atoms with Gasteiger partial charge in [0, 0.05) is 17.2 Å². The second-order valence-corrected chi connectivity index (χ2v) is 5.00. The molecule has 0 aliphatic heterocycles. The summed E-state index contributed by atoms with van der Waals surface area (Å²) < 4.78 is 8.50. The minimum Gasteiger partial charge on any atom is -0.296 e. The van der Waals surface area contributed by atoms with Gasteiger partial charge in [-0.3, -0.25) is 8.49 Å². The molecule has 0 bridgehead atoms. The predicted octanol–water partition coefficient (Wildman–Crippen LogP) is 3.87. The van der Waals surface area contributed by atoms with Gasteiger partial charge in [-0.15, -0.1) is 0 Å². The molecule has 1 aromatic rings. The minimum absolute atomic E-state index is 0.234. The second-order valence-electron chi connectivity index (χ2n) is 3.19. The molecule has 0 spiro atoms. The van der Waals surface area contributed by atoms with Crippen LogP contribution in [0, 0.1) is 0 Å². The summed E-state index contributed by atoms with van der Waals surface area (Å²) in [6.07, 6.45) is 0.234. The number of benzene rings is 1. The average molecular weight is 276 g/mol. The monoisotopic (exact) mass is 275 g/mol. The Hall–Kier alpha value is -0.190. The number of anilines is 1. The summed E-state index contributed by atoms with van der Waals surface area (Å²) in [6.45, 7) is 4.03. The van der Waals surface area contributed by atoms with E-state index in [0.29, 0.717) is 0 Å². The lowest BCUT2D eigenvalue weighted by Gasteiger charge is -2.17.